The van der Waals surface area contributed by atoms with E-state index in [1.54, 1.807) is 0 Å². The lowest BCUT2D eigenvalue weighted by atomic mass is 9.93. The molecule has 0 amide bonds. The molecule has 0 aromatic carbocycles. The van der Waals surface area contributed by atoms with Gasteiger partial charge in [0.25, 0.3) is 0 Å². The van der Waals surface area contributed by atoms with Gasteiger partial charge < -0.3 is 10.1 Å². The molecule has 0 aromatic rings. The van der Waals surface area contributed by atoms with Gasteiger partial charge in [-0.3, -0.25) is 9.69 Å². The summed E-state index contributed by atoms with van der Waals surface area (Å²) in [5, 5.41) is 3.40. The summed E-state index contributed by atoms with van der Waals surface area (Å²) >= 11 is 0. The number of carbonyl (C=O) groups excluding carboxylic acids is 1. The van der Waals surface area contributed by atoms with E-state index in [4.69, 9.17) is 4.74 Å². The van der Waals surface area contributed by atoms with Gasteiger partial charge in [-0.1, -0.05) is 13.3 Å². The van der Waals surface area contributed by atoms with Crippen LogP contribution in [0.3, 0.4) is 0 Å². The maximum Gasteiger partial charge on any atom is 0.326 e. The van der Waals surface area contributed by atoms with Crippen LogP contribution in [0.5, 0.6) is 0 Å². The Balaban J connectivity index is 2.65. The monoisotopic (exact) mass is 298 g/mol. The number of esters is 1. The highest BCUT2D eigenvalue weighted by atomic mass is 16.5. The predicted molar refractivity (Wildman–Crippen MR) is 87.4 cm³/mol. The molecule has 4 heteroatoms. The van der Waals surface area contributed by atoms with Crippen molar-refractivity contribution in [2.45, 2.75) is 84.3 Å². The molecule has 4 nitrogen and oxygen atoms in total. The first-order chi connectivity index (χ1) is 9.94. The highest BCUT2D eigenvalue weighted by molar-refractivity contribution is 5.80. The molecule has 1 N–H and O–H groups in total. The van der Waals surface area contributed by atoms with Crippen molar-refractivity contribution in [3.05, 3.63) is 0 Å². The molecule has 1 aliphatic rings. The third-order valence-electron chi connectivity index (χ3n) is 4.74. The van der Waals surface area contributed by atoms with Crippen LogP contribution in [0.2, 0.25) is 0 Å². The number of hydrogen-bond donors (Lipinski definition) is 1. The number of likely N-dealkylation sites (tertiary alicyclic amines) is 1. The third kappa shape index (κ3) is 5.26. The van der Waals surface area contributed by atoms with Crippen LogP contribution >= 0.6 is 0 Å². The van der Waals surface area contributed by atoms with Crippen LogP contribution in [0.25, 0.3) is 0 Å². The molecule has 1 aliphatic heterocycles. The summed E-state index contributed by atoms with van der Waals surface area (Å²) in [4.78, 5) is 14.9. The fourth-order valence-corrected chi connectivity index (χ4v) is 3.22. The first-order valence-electron chi connectivity index (χ1n) is 8.62. The second-order valence-electron chi connectivity index (χ2n) is 6.60. The van der Waals surface area contributed by atoms with Gasteiger partial charge in [0.05, 0.1) is 6.61 Å². The van der Waals surface area contributed by atoms with E-state index in [0.717, 1.165) is 25.9 Å². The largest absolute Gasteiger partial charge is 0.465 e. The summed E-state index contributed by atoms with van der Waals surface area (Å²) < 4.78 is 5.28. The number of hydrogen-bond acceptors (Lipinski definition) is 4. The van der Waals surface area contributed by atoms with E-state index in [2.05, 4.69) is 31.0 Å². The lowest BCUT2D eigenvalue weighted by molar-refractivity contribution is -0.151. The maximum absolute atomic E-state index is 12.3. The van der Waals surface area contributed by atoms with Crippen LogP contribution in [-0.4, -0.2) is 48.2 Å². The Bertz CT molecular complexity index is 312. The minimum absolute atomic E-state index is 0.115. The molecule has 0 saturated carbocycles. The fourth-order valence-electron chi connectivity index (χ4n) is 3.22. The average Bonchev–Trinajstić information content (AvgIpc) is 2.45. The zero-order chi connectivity index (χ0) is 15.9. The van der Waals surface area contributed by atoms with E-state index in [-0.39, 0.29) is 5.97 Å². The average molecular weight is 298 g/mol. The Morgan fingerprint density at radius 1 is 1.29 bits per heavy atom. The topological polar surface area (TPSA) is 41.6 Å². The van der Waals surface area contributed by atoms with Gasteiger partial charge in [-0.25, -0.2) is 0 Å². The Morgan fingerprint density at radius 2 is 1.90 bits per heavy atom. The number of nitrogens with one attached hydrogen (secondary N) is 1. The molecule has 1 saturated heterocycles. The number of ether oxygens (including phenoxy) is 1. The maximum atomic E-state index is 12.3. The second kappa shape index (κ2) is 8.74. The summed E-state index contributed by atoms with van der Waals surface area (Å²) in [5.41, 5.74) is -0.567. The van der Waals surface area contributed by atoms with Crippen LogP contribution in [0.1, 0.15) is 66.7 Å². The SMILES string of the molecule is CCCNC(C)(CCN1C(C)CCCC1C)C(=O)OCC. The molecule has 0 aromatic heterocycles. The van der Waals surface area contributed by atoms with Crippen molar-refractivity contribution in [2.24, 2.45) is 0 Å². The lowest BCUT2D eigenvalue weighted by Crippen LogP contribution is -2.54. The van der Waals surface area contributed by atoms with Gasteiger partial charge in [0.2, 0.25) is 0 Å². The van der Waals surface area contributed by atoms with E-state index in [1.807, 2.05) is 13.8 Å². The lowest BCUT2D eigenvalue weighted by Gasteiger charge is -2.41. The number of rotatable bonds is 8. The highest BCUT2D eigenvalue weighted by Gasteiger charge is 2.35. The molecule has 0 aliphatic carbocycles. The summed E-state index contributed by atoms with van der Waals surface area (Å²) in [5.74, 6) is -0.115. The smallest absolute Gasteiger partial charge is 0.326 e. The quantitative estimate of drug-likeness (QED) is 0.700. The first-order valence-corrected chi connectivity index (χ1v) is 8.62. The summed E-state index contributed by atoms with van der Waals surface area (Å²) in [6.45, 7) is 12.8. The molecule has 0 radical (unpaired) electrons. The molecule has 0 spiro atoms. The van der Waals surface area contributed by atoms with E-state index in [0.29, 0.717) is 18.7 Å². The molecular formula is C17H34N2O2. The van der Waals surface area contributed by atoms with Crippen molar-refractivity contribution in [3.8, 4) is 0 Å². The Kier molecular flexibility index (Phi) is 7.67. The summed E-state index contributed by atoms with van der Waals surface area (Å²) in [6.07, 6.45) is 5.68. The molecule has 3 unspecified atom stereocenters. The van der Waals surface area contributed by atoms with Gasteiger partial charge in [-0.2, -0.15) is 0 Å². The molecule has 0 bridgehead atoms. The van der Waals surface area contributed by atoms with Crippen molar-refractivity contribution in [1.29, 1.82) is 0 Å². The molecule has 1 heterocycles. The van der Waals surface area contributed by atoms with Crippen LogP contribution in [-0.2, 0) is 9.53 Å². The van der Waals surface area contributed by atoms with Crippen molar-refractivity contribution < 1.29 is 9.53 Å². The predicted octanol–water partition coefficient (Wildman–Crippen LogP) is 2.96. The van der Waals surface area contributed by atoms with Gasteiger partial charge >= 0.3 is 5.97 Å². The van der Waals surface area contributed by atoms with Crippen molar-refractivity contribution in [2.75, 3.05) is 19.7 Å². The van der Waals surface area contributed by atoms with Gasteiger partial charge in [0.1, 0.15) is 5.54 Å². The van der Waals surface area contributed by atoms with Crippen molar-refractivity contribution in [3.63, 3.8) is 0 Å². The van der Waals surface area contributed by atoms with Crippen LogP contribution in [0.4, 0.5) is 0 Å². The van der Waals surface area contributed by atoms with Gasteiger partial charge in [0, 0.05) is 18.6 Å². The number of carbonyl (C=O) groups is 1. The van der Waals surface area contributed by atoms with E-state index < -0.39 is 5.54 Å². The molecule has 124 valence electrons. The van der Waals surface area contributed by atoms with Gasteiger partial charge in [-0.15, -0.1) is 0 Å². The molecule has 1 rings (SSSR count). The van der Waals surface area contributed by atoms with E-state index in [9.17, 15) is 4.79 Å². The minimum Gasteiger partial charge on any atom is -0.465 e. The zero-order valence-corrected chi connectivity index (χ0v) is 14.6. The third-order valence-corrected chi connectivity index (χ3v) is 4.74. The Labute approximate surface area is 130 Å². The van der Waals surface area contributed by atoms with Crippen molar-refractivity contribution >= 4 is 5.97 Å². The number of nitrogens with zero attached hydrogens (tertiary/aromatic N) is 1. The summed E-state index contributed by atoms with van der Waals surface area (Å²) in [7, 11) is 0. The normalized spacial score (nSPS) is 26.3. The standard InChI is InChI=1S/C17H34N2O2/c1-6-12-18-17(5,16(20)21-7-2)11-13-19-14(3)9-8-10-15(19)4/h14-15,18H,6-13H2,1-5H3. The molecule has 3 atom stereocenters. The first kappa shape index (κ1) is 18.4. The van der Waals surface area contributed by atoms with E-state index >= 15 is 0 Å². The molecule has 1 fully saturated rings. The highest BCUT2D eigenvalue weighted by Crippen LogP contribution is 2.24. The zero-order valence-electron chi connectivity index (χ0n) is 14.6. The second-order valence-corrected chi connectivity index (χ2v) is 6.60. The van der Waals surface area contributed by atoms with Crippen LogP contribution in [0.15, 0.2) is 0 Å². The Morgan fingerprint density at radius 3 is 2.43 bits per heavy atom. The molecular weight excluding hydrogens is 264 g/mol. The summed E-state index contributed by atoms with van der Waals surface area (Å²) in [6, 6.07) is 1.23. The number of piperidine rings is 1. The van der Waals surface area contributed by atoms with Crippen LogP contribution < -0.4 is 5.32 Å². The van der Waals surface area contributed by atoms with Crippen molar-refractivity contribution in [1.82, 2.24) is 10.2 Å². The minimum atomic E-state index is -0.567. The van der Waals surface area contributed by atoms with Gasteiger partial charge in [-0.05, 0) is 59.9 Å². The Hall–Kier alpha value is -0.610. The van der Waals surface area contributed by atoms with Gasteiger partial charge in [0.15, 0.2) is 0 Å². The molecule has 21 heavy (non-hydrogen) atoms. The van der Waals surface area contributed by atoms with Crippen LogP contribution in [0, 0.1) is 0 Å². The fraction of sp³-hybridized carbons (Fsp3) is 0.941. The van der Waals surface area contributed by atoms with E-state index in [1.165, 1.54) is 19.3 Å².